The first-order chi connectivity index (χ1) is 12.4. The summed E-state index contributed by atoms with van der Waals surface area (Å²) < 4.78 is 5.68. The Hall–Kier alpha value is -3.02. The van der Waals surface area contributed by atoms with E-state index in [1.54, 1.807) is 31.3 Å². The molecule has 2 aromatic carbocycles. The number of benzene rings is 2. The Morgan fingerprint density at radius 2 is 1.62 bits per heavy atom. The summed E-state index contributed by atoms with van der Waals surface area (Å²) in [6.07, 6.45) is 0. The van der Waals surface area contributed by atoms with Crippen LogP contribution in [0, 0.1) is 6.92 Å². The summed E-state index contributed by atoms with van der Waals surface area (Å²) in [6, 6.07) is 12.6. The van der Waals surface area contributed by atoms with Gasteiger partial charge in [0.25, 0.3) is 5.91 Å². The van der Waals surface area contributed by atoms with Gasteiger partial charge in [-0.2, -0.15) is 0 Å². The van der Waals surface area contributed by atoms with Crippen molar-refractivity contribution in [2.45, 2.75) is 26.7 Å². The van der Waals surface area contributed by atoms with Crippen LogP contribution in [-0.4, -0.2) is 25.6 Å². The molecule has 0 radical (unpaired) electrons. The topological polar surface area (TPSA) is 79.5 Å². The van der Waals surface area contributed by atoms with Crippen LogP contribution >= 0.6 is 0 Å². The first-order valence-electron chi connectivity index (χ1n) is 8.51. The van der Waals surface area contributed by atoms with Crippen LogP contribution in [0.4, 0.5) is 16.2 Å². The van der Waals surface area contributed by atoms with Gasteiger partial charge in [-0.25, -0.2) is 4.79 Å². The quantitative estimate of drug-likeness (QED) is 0.735. The van der Waals surface area contributed by atoms with E-state index in [1.807, 2.05) is 19.1 Å². The molecule has 0 heterocycles. The number of anilines is 2. The Morgan fingerprint density at radius 1 is 1.00 bits per heavy atom. The summed E-state index contributed by atoms with van der Waals surface area (Å²) in [6.45, 7) is 6.11. The Kier molecular flexibility index (Phi) is 6.60. The standard InChI is InChI=1S/C20H25N3O3/c1-13(2)15-6-5-14(3)18(11-15)26-12-19(24)22-16-7-9-17(10-8-16)23-20(25)21-4/h5-11,13H,12H2,1-4H3,(H,22,24)(H2,21,23,25). The first-order valence-corrected chi connectivity index (χ1v) is 8.51. The van der Waals surface area contributed by atoms with E-state index in [-0.39, 0.29) is 18.5 Å². The van der Waals surface area contributed by atoms with Crippen molar-refractivity contribution in [3.63, 3.8) is 0 Å². The Morgan fingerprint density at radius 3 is 2.19 bits per heavy atom. The molecule has 0 atom stereocenters. The largest absolute Gasteiger partial charge is 0.483 e. The number of aryl methyl sites for hydroxylation is 1. The maximum Gasteiger partial charge on any atom is 0.318 e. The molecule has 0 aliphatic carbocycles. The van der Waals surface area contributed by atoms with E-state index < -0.39 is 0 Å². The summed E-state index contributed by atoms with van der Waals surface area (Å²) in [5, 5.41) is 7.89. The molecule has 0 fully saturated rings. The lowest BCUT2D eigenvalue weighted by Gasteiger charge is -2.13. The van der Waals surface area contributed by atoms with E-state index >= 15 is 0 Å². The summed E-state index contributed by atoms with van der Waals surface area (Å²) in [5.74, 6) is 0.872. The molecule has 0 aliphatic rings. The minimum atomic E-state index is -0.297. The molecule has 0 saturated carbocycles. The molecule has 2 aromatic rings. The van der Waals surface area contributed by atoms with Crippen molar-refractivity contribution in [2.75, 3.05) is 24.3 Å². The Labute approximate surface area is 153 Å². The van der Waals surface area contributed by atoms with Gasteiger partial charge >= 0.3 is 6.03 Å². The van der Waals surface area contributed by atoms with Crippen LogP contribution in [-0.2, 0) is 4.79 Å². The van der Waals surface area contributed by atoms with Crippen LogP contribution < -0.4 is 20.7 Å². The first kappa shape index (κ1) is 19.3. The molecule has 0 aliphatic heterocycles. The monoisotopic (exact) mass is 355 g/mol. The molecule has 0 unspecified atom stereocenters. The van der Waals surface area contributed by atoms with Crippen LogP contribution in [0.1, 0.15) is 30.9 Å². The minimum Gasteiger partial charge on any atom is -0.483 e. The van der Waals surface area contributed by atoms with Crippen molar-refractivity contribution in [1.82, 2.24) is 5.32 Å². The van der Waals surface area contributed by atoms with Gasteiger partial charge in [-0.15, -0.1) is 0 Å². The van der Waals surface area contributed by atoms with Crippen molar-refractivity contribution in [3.8, 4) is 5.75 Å². The van der Waals surface area contributed by atoms with Crippen LogP contribution in [0.25, 0.3) is 0 Å². The molecule has 2 rings (SSSR count). The highest BCUT2D eigenvalue weighted by Gasteiger charge is 2.08. The number of hydrogen-bond acceptors (Lipinski definition) is 3. The number of nitrogens with one attached hydrogen (secondary N) is 3. The average Bonchev–Trinajstić information content (AvgIpc) is 2.62. The second-order valence-electron chi connectivity index (χ2n) is 6.30. The van der Waals surface area contributed by atoms with Gasteiger partial charge in [0.05, 0.1) is 0 Å². The molecule has 0 aromatic heterocycles. The molecular formula is C20H25N3O3. The van der Waals surface area contributed by atoms with E-state index in [2.05, 4.69) is 35.9 Å². The molecule has 0 bridgehead atoms. The normalized spacial score (nSPS) is 10.3. The van der Waals surface area contributed by atoms with Gasteiger partial charge in [-0.3, -0.25) is 4.79 Å². The minimum absolute atomic E-state index is 0.0688. The highest BCUT2D eigenvalue weighted by Crippen LogP contribution is 2.24. The third kappa shape index (κ3) is 5.51. The van der Waals surface area contributed by atoms with E-state index in [9.17, 15) is 9.59 Å². The summed E-state index contributed by atoms with van der Waals surface area (Å²) >= 11 is 0. The molecule has 6 heteroatoms. The summed E-state index contributed by atoms with van der Waals surface area (Å²) in [4.78, 5) is 23.4. The lowest BCUT2D eigenvalue weighted by atomic mass is 10.0. The highest BCUT2D eigenvalue weighted by molar-refractivity contribution is 5.93. The van der Waals surface area contributed by atoms with Gasteiger partial charge in [0.15, 0.2) is 6.61 Å². The van der Waals surface area contributed by atoms with Gasteiger partial charge in [0, 0.05) is 18.4 Å². The van der Waals surface area contributed by atoms with Gasteiger partial charge < -0.3 is 20.7 Å². The van der Waals surface area contributed by atoms with Crippen LogP contribution in [0.2, 0.25) is 0 Å². The van der Waals surface area contributed by atoms with Gasteiger partial charge in [-0.1, -0.05) is 26.0 Å². The highest BCUT2D eigenvalue weighted by atomic mass is 16.5. The zero-order valence-electron chi connectivity index (χ0n) is 15.6. The zero-order chi connectivity index (χ0) is 19.1. The number of carbonyl (C=O) groups excluding carboxylic acids is 2. The lowest BCUT2D eigenvalue weighted by Crippen LogP contribution is -2.24. The average molecular weight is 355 g/mol. The number of rotatable bonds is 6. The maximum absolute atomic E-state index is 12.1. The number of ether oxygens (including phenoxy) is 1. The van der Waals surface area contributed by atoms with Crippen LogP contribution in [0.3, 0.4) is 0 Å². The molecule has 0 spiro atoms. The third-order valence-corrected chi connectivity index (χ3v) is 3.89. The number of hydrogen-bond donors (Lipinski definition) is 3. The van der Waals surface area contributed by atoms with Crippen LogP contribution in [0.15, 0.2) is 42.5 Å². The molecule has 3 amide bonds. The SMILES string of the molecule is CNC(=O)Nc1ccc(NC(=O)COc2cc(C(C)C)ccc2C)cc1. The lowest BCUT2D eigenvalue weighted by molar-refractivity contribution is -0.118. The zero-order valence-corrected chi connectivity index (χ0v) is 15.6. The van der Waals surface area contributed by atoms with E-state index in [0.29, 0.717) is 17.3 Å². The van der Waals surface area contributed by atoms with E-state index in [0.717, 1.165) is 11.3 Å². The van der Waals surface area contributed by atoms with Crippen LogP contribution in [0.5, 0.6) is 5.75 Å². The van der Waals surface area contributed by atoms with Crippen molar-refractivity contribution >= 4 is 23.3 Å². The molecule has 26 heavy (non-hydrogen) atoms. The van der Waals surface area contributed by atoms with Crippen molar-refractivity contribution < 1.29 is 14.3 Å². The fourth-order valence-corrected chi connectivity index (χ4v) is 2.30. The number of amides is 3. The van der Waals surface area contributed by atoms with Gasteiger partial charge in [0.1, 0.15) is 5.75 Å². The van der Waals surface area contributed by atoms with E-state index in [4.69, 9.17) is 4.74 Å². The molecule has 138 valence electrons. The second-order valence-corrected chi connectivity index (χ2v) is 6.30. The van der Waals surface area contributed by atoms with Crippen molar-refractivity contribution in [3.05, 3.63) is 53.6 Å². The molecule has 0 saturated heterocycles. The summed E-state index contributed by atoms with van der Waals surface area (Å²) in [5.41, 5.74) is 3.44. The molecular weight excluding hydrogens is 330 g/mol. The number of urea groups is 1. The van der Waals surface area contributed by atoms with Crippen molar-refractivity contribution in [2.24, 2.45) is 0 Å². The Balaban J connectivity index is 1.91. The smallest absolute Gasteiger partial charge is 0.318 e. The predicted molar refractivity (Wildman–Crippen MR) is 104 cm³/mol. The maximum atomic E-state index is 12.1. The Bertz CT molecular complexity index is 770. The second kappa shape index (κ2) is 8.89. The number of carbonyl (C=O) groups is 2. The fraction of sp³-hybridized carbons (Fsp3) is 0.300. The molecule has 3 N–H and O–H groups in total. The third-order valence-electron chi connectivity index (χ3n) is 3.89. The van der Waals surface area contributed by atoms with Gasteiger partial charge in [0.2, 0.25) is 0 Å². The summed E-state index contributed by atoms with van der Waals surface area (Å²) in [7, 11) is 1.54. The van der Waals surface area contributed by atoms with Crippen molar-refractivity contribution in [1.29, 1.82) is 0 Å². The van der Waals surface area contributed by atoms with E-state index in [1.165, 1.54) is 5.56 Å². The molecule has 6 nitrogen and oxygen atoms in total. The fourth-order valence-electron chi connectivity index (χ4n) is 2.30. The van der Waals surface area contributed by atoms with Gasteiger partial charge in [-0.05, 0) is 54.3 Å². The predicted octanol–water partition coefficient (Wildman–Crippen LogP) is 3.89.